The number of fused-ring (bicyclic) bond motifs is 1. The highest BCUT2D eigenvalue weighted by atomic mass is 19.3. The van der Waals surface area contributed by atoms with Crippen molar-refractivity contribution in [2.75, 3.05) is 44.3 Å². The molecule has 3 rings (SSSR count). The minimum atomic E-state index is -3.94. The zero-order valence-corrected chi connectivity index (χ0v) is 18.7. The topological polar surface area (TPSA) is 127 Å². The highest BCUT2D eigenvalue weighted by molar-refractivity contribution is 6.08. The SMILES string of the molecule is C=NC(=NC(=NC)Nc1ccc2c(c1)NC(=O)C(F)(F)O2)Nc1cc(OC)c(OC)c(OC)c1. The summed E-state index contributed by atoms with van der Waals surface area (Å²) >= 11 is 0. The summed E-state index contributed by atoms with van der Waals surface area (Å²) < 4.78 is 47.2. The number of hydrogen-bond acceptors (Lipinski definition) is 6. The predicted molar refractivity (Wildman–Crippen MR) is 124 cm³/mol. The third-order valence-electron chi connectivity index (χ3n) is 4.48. The highest BCUT2D eigenvalue weighted by Gasteiger charge is 2.46. The highest BCUT2D eigenvalue weighted by Crippen LogP contribution is 2.40. The Morgan fingerprint density at radius 2 is 1.68 bits per heavy atom. The third kappa shape index (κ3) is 5.14. The van der Waals surface area contributed by atoms with Crippen LogP contribution < -0.4 is 34.9 Å². The Kier molecular flexibility index (Phi) is 7.14. The molecule has 0 aromatic heterocycles. The lowest BCUT2D eigenvalue weighted by Gasteiger charge is -2.25. The molecule has 0 saturated heterocycles. The van der Waals surface area contributed by atoms with Gasteiger partial charge in [0.25, 0.3) is 0 Å². The molecule has 1 amide bonds. The van der Waals surface area contributed by atoms with Gasteiger partial charge in [-0.1, -0.05) is 0 Å². The smallest absolute Gasteiger partial charge is 0.482 e. The van der Waals surface area contributed by atoms with Crippen molar-refractivity contribution in [1.82, 2.24) is 0 Å². The van der Waals surface area contributed by atoms with E-state index >= 15 is 0 Å². The van der Waals surface area contributed by atoms with Gasteiger partial charge in [-0.3, -0.25) is 9.79 Å². The molecule has 1 heterocycles. The minimum Gasteiger partial charge on any atom is -0.493 e. The summed E-state index contributed by atoms with van der Waals surface area (Å²) in [6, 6.07) is 7.45. The number of halogens is 2. The van der Waals surface area contributed by atoms with Crippen LogP contribution in [0, 0.1) is 0 Å². The molecule has 0 aliphatic carbocycles. The first-order valence-corrected chi connectivity index (χ1v) is 9.63. The van der Waals surface area contributed by atoms with Crippen LogP contribution in [0.5, 0.6) is 23.0 Å². The largest absolute Gasteiger partial charge is 0.493 e. The molecule has 0 saturated carbocycles. The Morgan fingerprint density at radius 3 is 2.24 bits per heavy atom. The van der Waals surface area contributed by atoms with E-state index in [4.69, 9.17) is 14.2 Å². The molecule has 2 aromatic carbocycles. The average molecular weight is 476 g/mol. The maximum Gasteiger partial charge on any atom is 0.482 e. The second kappa shape index (κ2) is 10.0. The van der Waals surface area contributed by atoms with Crippen LogP contribution in [-0.4, -0.2) is 59.0 Å². The monoisotopic (exact) mass is 476 g/mol. The summed E-state index contributed by atoms with van der Waals surface area (Å²) in [6.45, 7) is 3.50. The molecule has 0 unspecified atom stereocenters. The second-order valence-corrected chi connectivity index (χ2v) is 6.59. The lowest BCUT2D eigenvalue weighted by molar-refractivity contribution is -0.189. The first kappa shape index (κ1) is 24.2. The number of guanidine groups is 2. The fourth-order valence-corrected chi connectivity index (χ4v) is 2.92. The van der Waals surface area contributed by atoms with Gasteiger partial charge in [0.2, 0.25) is 17.7 Å². The van der Waals surface area contributed by atoms with Crippen molar-refractivity contribution >= 4 is 41.6 Å². The average Bonchev–Trinajstić information content (AvgIpc) is 2.82. The summed E-state index contributed by atoms with van der Waals surface area (Å²) in [5, 5.41) is 7.96. The molecule has 0 fully saturated rings. The van der Waals surface area contributed by atoms with Gasteiger partial charge in [0.05, 0.1) is 27.0 Å². The van der Waals surface area contributed by atoms with E-state index in [1.54, 1.807) is 12.1 Å². The van der Waals surface area contributed by atoms with E-state index < -0.39 is 12.0 Å². The molecule has 2 aromatic rings. The number of rotatable bonds is 5. The molecule has 34 heavy (non-hydrogen) atoms. The molecular formula is C21H22F2N6O5. The van der Waals surface area contributed by atoms with E-state index in [2.05, 4.69) is 42.4 Å². The summed E-state index contributed by atoms with van der Waals surface area (Å²) in [4.78, 5) is 23.6. The molecule has 11 nitrogen and oxygen atoms in total. The number of hydrogen-bond donors (Lipinski definition) is 3. The first-order chi connectivity index (χ1) is 16.2. The van der Waals surface area contributed by atoms with Crippen molar-refractivity contribution in [3.63, 3.8) is 0 Å². The lowest BCUT2D eigenvalue weighted by Crippen LogP contribution is -2.43. The van der Waals surface area contributed by atoms with Gasteiger partial charge in [0.15, 0.2) is 17.2 Å². The summed E-state index contributed by atoms with van der Waals surface area (Å²) in [5.74, 6) is -0.302. The molecule has 0 radical (unpaired) electrons. The van der Waals surface area contributed by atoms with Crippen molar-refractivity contribution in [3.8, 4) is 23.0 Å². The van der Waals surface area contributed by atoms with Crippen molar-refractivity contribution < 1.29 is 32.5 Å². The van der Waals surface area contributed by atoms with E-state index in [-0.39, 0.29) is 23.4 Å². The predicted octanol–water partition coefficient (Wildman–Crippen LogP) is 3.20. The minimum absolute atomic E-state index is 0.0676. The number of alkyl halides is 2. The molecule has 1 aliphatic heterocycles. The number of amides is 1. The van der Waals surface area contributed by atoms with Gasteiger partial charge < -0.3 is 34.9 Å². The molecule has 3 N–H and O–H groups in total. The van der Waals surface area contributed by atoms with Crippen molar-refractivity contribution in [1.29, 1.82) is 0 Å². The number of ether oxygens (including phenoxy) is 4. The van der Waals surface area contributed by atoms with Crippen molar-refractivity contribution in [3.05, 3.63) is 30.3 Å². The summed E-state index contributed by atoms with van der Waals surface area (Å²) in [5.41, 5.74) is 0.983. The molecule has 13 heteroatoms. The van der Waals surface area contributed by atoms with E-state index in [0.29, 0.717) is 28.6 Å². The number of anilines is 3. The zero-order valence-electron chi connectivity index (χ0n) is 18.7. The van der Waals surface area contributed by atoms with E-state index in [1.807, 2.05) is 0 Å². The summed E-state index contributed by atoms with van der Waals surface area (Å²) in [7, 11) is 5.95. The number of benzene rings is 2. The van der Waals surface area contributed by atoms with Crippen molar-refractivity contribution in [2.45, 2.75) is 6.11 Å². The van der Waals surface area contributed by atoms with Crippen LogP contribution in [-0.2, 0) is 4.79 Å². The molecule has 1 aliphatic rings. The zero-order chi connectivity index (χ0) is 24.9. The van der Waals surface area contributed by atoms with Crippen LogP contribution >= 0.6 is 0 Å². The number of carbonyl (C=O) groups excluding carboxylic acids is 1. The van der Waals surface area contributed by atoms with E-state index in [0.717, 1.165) is 0 Å². The number of methoxy groups -OCH3 is 3. The maximum absolute atomic E-state index is 13.4. The van der Waals surface area contributed by atoms with Gasteiger partial charge in [-0.15, -0.1) is 0 Å². The standard InChI is InChI=1S/C21H22F2N6O5/c1-24-19(26-11-6-7-14-13(8-11)28-18(30)21(22,23)34-14)29-20(25-2)27-12-9-15(31-3)17(33-5)16(10-12)32-4/h6-10H,2H2,1,3-5H3,(H,28,30)(H2,24,26,27,29). The fourth-order valence-electron chi connectivity index (χ4n) is 2.92. The van der Waals surface area contributed by atoms with Gasteiger partial charge in [-0.2, -0.15) is 13.8 Å². The van der Waals surface area contributed by atoms with Gasteiger partial charge in [0, 0.05) is 30.6 Å². The Balaban J connectivity index is 1.82. The number of carbonyl (C=O) groups is 1. The lowest BCUT2D eigenvalue weighted by atomic mass is 10.2. The van der Waals surface area contributed by atoms with Crippen LogP contribution in [0.4, 0.5) is 25.8 Å². The van der Waals surface area contributed by atoms with Crippen LogP contribution in [0.3, 0.4) is 0 Å². The van der Waals surface area contributed by atoms with E-state index in [1.165, 1.54) is 46.6 Å². The number of nitrogens with zero attached hydrogens (tertiary/aromatic N) is 3. The number of nitrogens with one attached hydrogen (secondary N) is 3. The Bertz CT molecular complexity index is 1140. The van der Waals surface area contributed by atoms with Gasteiger partial charge in [-0.25, -0.2) is 4.99 Å². The molecular weight excluding hydrogens is 454 g/mol. The van der Waals surface area contributed by atoms with E-state index in [9.17, 15) is 13.6 Å². The van der Waals surface area contributed by atoms with Crippen LogP contribution in [0.2, 0.25) is 0 Å². The van der Waals surface area contributed by atoms with Gasteiger partial charge >= 0.3 is 12.0 Å². The van der Waals surface area contributed by atoms with Crippen LogP contribution in [0.25, 0.3) is 0 Å². The van der Waals surface area contributed by atoms with Gasteiger partial charge in [0.1, 0.15) is 0 Å². The maximum atomic E-state index is 13.4. The third-order valence-corrected chi connectivity index (χ3v) is 4.48. The molecule has 0 bridgehead atoms. The Morgan fingerprint density at radius 1 is 1.03 bits per heavy atom. The molecule has 0 spiro atoms. The Hall–Kier alpha value is -4.42. The number of aliphatic imine (C=N–C) groups is 3. The van der Waals surface area contributed by atoms with Crippen LogP contribution in [0.15, 0.2) is 45.3 Å². The normalized spacial score (nSPS) is 14.8. The quantitative estimate of drug-likeness (QED) is 0.447. The first-order valence-electron chi connectivity index (χ1n) is 9.63. The molecule has 0 atom stereocenters. The van der Waals surface area contributed by atoms with Gasteiger partial charge in [-0.05, 0) is 24.9 Å². The Labute approximate surface area is 193 Å². The fraction of sp³-hybridized carbons (Fsp3) is 0.238. The van der Waals surface area contributed by atoms with Crippen LogP contribution in [0.1, 0.15) is 0 Å². The molecule has 180 valence electrons. The second-order valence-electron chi connectivity index (χ2n) is 6.59. The summed E-state index contributed by atoms with van der Waals surface area (Å²) in [6.07, 6.45) is -3.94. The van der Waals surface area contributed by atoms with Crippen molar-refractivity contribution in [2.24, 2.45) is 15.0 Å².